The molecule has 2 aromatic carbocycles. The summed E-state index contributed by atoms with van der Waals surface area (Å²) in [7, 11) is 2.02. The predicted molar refractivity (Wildman–Crippen MR) is 121 cm³/mol. The number of benzene rings is 2. The highest BCUT2D eigenvalue weighted by molar-refractivity contribution is 6.06. The number of fused-ring (bicyclic) bond motifs is 2. The van der Waals surface area contributed by atoms with Gasteiger partial charge in [-0.1, -0.05) is 30.3 Å². The molecule has 0 radical (unpaired) electrons. The van der Waals surface area contributed by atoms with Crippen LogP contribution in [-0.2, 0) is 22.5 Å². The predicted octanol–water partition coefficient (Wildman–Crippen LogP) is 4.02. The van der Waals surface area contributed by atoms with Gasteiger partial charge in [-0.2, -0.15) is 0 Å². The highest BCUT2D eigenvalue weighted by Crippen LogP contribution is 2.29. The Morgan fingerprint density at radius 1 is 1.13 bits per heavy atom. The van der Waals surface area contributed by atoms with Crippen LogP contribution in [0.1, 0.15) is 39.7 Å². The zero-order valence-electron chi connectivity index (χ0n) is 18.4. The van der Waals surface area contributed by atoms with E-state index in [4.69, 9.17) is 9.72 Å². The number of carbonyl (C=O) groups is 2. The number of carbonyl (C=O) groups excluding carboxylic acids is 2. The number of nitrogens with zero attached hydrogens (tertiary/aromatic N) is 2. The summed E-state index contributed by atoms with van der Waals surface area (Å²) in [6.07, 6.45) is -0.157. The third kappa shape index (κ3) is 4.16. The topological polar surface area (TPSA) is 71.5 Å². The lowest BCUT2D eigenvalue weighted by molar-refractivity contribution is -0.123. The minimum Gasteiger partial charge on any atom is -0.449 e. The van der Waals surface area contributed by atoms with Crippen LogP contribution in [0.3, 0.4) is 0 Å². The molecule has 31 heavy (non-hydrogen) atoms. The number of anilines is 1. The third-order valence-corrected chi connectivity index (χ3v) is 5.96. The summed E-state index contributed by atoms with van der Waals surface area (Å²) < 4.78 is 5.65. The van der Waals surface area contributed by atoms with Crippen molar-refractivity contribution in [2.45, 2.75) is 39.8 Å². The number of aromatic nitrogens is 1. The fourth-order valence-electron chi connectivity index (χ4n) is 3.95. The fraction of sp³-hybridized carbons (Fsp3) is 0.320. The molecule has 1 aliphatic heterocycles. The van der Waals surface area contributed by atoms with Crippen molar-refractivity contribution < 1.29 is 14.3 Å². The van der Waals surface area contributed by atoms with Crippen LogP contribution in [0, 0.1) is 13.8 Å². The Kier molecular flexibility index (Phi) is 5.74. The van der Waals surface area contributed by atoms with Gasteiger partial charge in [0.15, 0.2) is 6.10 Å². The molecule has 1 N–H and O–H groups in total. The second kappa shape index (κ2) is 8.47. The van der Waals surface area contributed by atoms with E-state index in [1.807, 2.05) is 63.4 Å². The SMILES string of the molecule is Cc1cccc(NC(=O)C(C)OC(=O)c2c3c(nc4ccccc24)CCN(C)C3)c1C. The van der Waals surface area contributed by atoms with Gasteiger partial charge in [0.05, 0.1) is 11.1 Å². The van der Waals surface area contributed by atoms with Gasteiger partial charge in [-0.25, -0.2) is 4.79 Å². The quantitative estimate of drug-likeness (QED) is 0.649. The summed E-state index contributed by atoms with van der Waals surface area (Å²) in [5.41, 5.74) is 5.90. The van der Waals surface area contributed by atoms with Crippen LogP contribution in [0.2, 0.25) is 0 Å². The molecule has 0 spiro atoms. The molecule has 160 valence electrons. The summed E-state index contributed by atoms with van der Waals surface area (Å²) in [5.74, 6) is -0.847. The molecule has 0 saturated carbocycles. The Balaban J connectivity index is 1.61. The van der Waals surface area contributed by atoms with Crippen LogP contribution in [-0.4, -0.2) is 41.5 Å². The van der Waals surface area contributed by atoms with Crippen LogP contribution in [0.4, 0.5) is 5.69 Å². The van der Waals surface area contributed by atoms with Gasteiger partial charge < -0.3 is 15.0 Å². The van der Waals surface area contributed by atoms with Crippen LogP contribution in [0.15, 0.2) is 42.5 Å². The average molecular weight is 418 g/mol. The molecule has 0 fully saturated rings. The highest BCUT2D eigenvalue weighted by atomic mass is 16.5. The molecule has 1 atom stereocenters. The zero-order valence-corrected chi connectivity index (χ0v) is 18.4. The molecule has 1 amide bonds. The van der Waals surface area contributed by atoms with E-state index in [-0.39, 0.29) is 5.91 Å². The minimum absolute atomic E-state index is 0.355. The van der Waals surface area contributed by atoms with Crippen LogP contribution < -0.4 is 5.32 Å². The van der Waals surface area contributed by atoms with Gasteiger partial charge in [0.25, 0.3) is 5.91 Å². The highest BCUT2D eigenvalue weighted by Gasteiger charge is 2.28. The van der Waals surface area contributed by atoms with Crippen molar-refractivity contribution in [2.24, 2.45) is 0 Å². The van der Waals surface area contributed by atoms with Crippen molar-refractivity contribution in [2.75, 3.05) is 18.9 Å². The zero-order chi connectivity index (χ0) is 22.1. The van der Waals surface area contributed by atoms with E-state index in [1.54, 1.807) is 6.92 Å². The molecule has 4 rings (SSSR count). The number of hydrogen-bond acceptors (Lipinski definition) is 5. The van der Waals surface area contributed by atoms with Crippen molar-refractivity contribution in [1.29, 1.82) is 0 Å². The monoisotopic (exact) mass is 417 g/mol. The number of likely N-dealkylation sites (N-methyl/N-ethyl adjacent to an activating group) is 1. The normalized spacial score (nSPS) is 14.7. The van der Waals surface area contributed by atoms with Gasteiger partial charge in [-0.05, 0) is 51.1 Å². The lowest BCUT2D eigenvalue weighted by Crippen LogP contribution is -2.32. The summed E-state index contributed by atoms with van der Waals surface area (Å²) >= 11 is 0. The number of pyridine rings is 1. The standard InChI is InChI=1S/C25H27N3O3/c1-15-8-7-11-20(16(15)2)27-24(29)17(3)31-25(30)23-18-9-5-6-10-21(18)26-22-12-13-28(4)14-19(22)23/h5-11,17H,12-14H2,1-4H3,(H,27,29). The van der Waals surface area contributed by atoms with Crippen molar-refractivity contribution in [3.63, 3.8) is 0 Å². The molecule has 3 aromatic rings. The van der Waals surface area contributed by atoms with Gasteiger partial charge in [-0.3, -0.25) is 9.78 Å². The van der Waals surface area contributed by atoms with E-state index in [2.05, 4.69) is 10.2 Å². The minimum atomic E-state index is -0.934. The molecule has 2 heterocycles. The van der Waals surface area contributed by atoms with Crippen molar-refractivity contribution in [3.8, 4) is 0 Å². The summed E-state index contributed by atoms with van der Waals surface area (Å²) in [5, 5.41) is 3.63. The van der Waals surface area contributed by atoms with Gasteiger partial charge in [-0.15, -0.1) is 0 Å². The first-order chi connectivity index (χ1) is 14.8. The Bertz CT molecular complexity index is 1170. The molecule has 1 unspecified atom stereocenters. The number of rotatable bonds is 4. The largest absolute Gasteiger partial charge is 0.449 e. The first kappa shape index (κ1) is 21.0. The Hall–Kier alpha value is -3.25. The summed E-state index contributed by atoms with van der Waals surface area (Å²) in [6, 6.07) is 13.3. The lowest BCUT2D eigenvalue weighted by Gasteiger charge is -2.27. The van der Waals surface area contributed by atoms with Gasteiger partial charge >= 0.3 is 5.97 Å². The summed E-state index contributed by atoms with van der Waals surface area (Å²) in [6.45, 7) is 7.05. The smallest absolute Gasteiger partial charge is 0.339 e. The van der Waals surface area contributed by atoms with Crippen LogP contribution in [0.25, 0.3) is 10.9 Å². The molecular weight excluding hydrogens is 390 g/mol. The second-order valence-corrected chi connectivity index (χ2v) is 8.20. The fourth-order valence-corrected chi connectivity index (χ4v) is 3.95. The number of para-hydroxylation sites is 1. The number of aryl methyl sites for hydroxylation is 1. The van der Waals surface area contributed by atoms with Crippen molar-refractivity contribution in [1.82, 2.24) is 9.88 Å². The maximum atomic E-state index is 13.3. The number of ether oxygens (including phenoxy) is 1. The lowest BCUT2D eigenvalue weighted by atomic mass is 9.96. The molecule has 1 aromatic heterocycles. The maximum Gasteiger partial charge on any atom is 0.339 e. The number of amides is 1. The number of esters is 1. The first-order valence-corrected chi connectivity index (χ1v) is 10.5. The van der Waals surface area contributed by atoms with Crippen LogP contribution >= 0.6 is 0 Å². The van der Waals surface area contributed by atoms with E-state index in [9.17, 15) is 9.59 Å². The van der Waals surface area contributed by atoms with Gasteiger partial charge in [0, 0.05) is 41.8 Å². The molecule has 0 saturated heterocycles. The Morgan fingerprint density at radius 2 is 1.90 bits per heavy atom. The van der Waals surface area contributed by atoms with Crippen molar-refractivity contribution >= 4 is 28.5 Å². The summed E-state index contributed by atoms with van der Waals surface area (Å²) in [4.78, 5) is 32.9. The van der Waals surface area contributed by atoms with Gasteiger partial charge in [0.2, 0.25) is 0 Å². The number of hydrogen-bond donors (Lipinski definition) is 1. The Morgan fingerprint density at radius 3 is 2.71 bits per heavy atom. The van der Waals surface area contributed by atoms with Gasteiger partial charge in [0.1, 0.15) is 0 Å². The maximum absolute atomic E-state index is 13.3. The Labute approximate surface area is 182 Å². The van der Waals surface area contributed by atoms with E-state index >= 15 is 0 Å². The molecule has 0 aliphatic carbocycles. The van der Waals surface area contributed by atoms with E-state index < -0.39 is 12.1 Å². The van der Waals surface area contributed by atoms with Crippen molar-refractivity contribution in [3.05, 3.63) is 70.4 Å². The second-order valence-electron chi connectivity index (χ2n) is 8.20. The van der Waals surface area contributed by atoms with E-state index in [0.29, 0.717) is 12.1 Å². The van der Waals surface area contributed by atoms with E-state index in [0.717, 1.165) is 51.9 Å². The molecular formula is C25H27N3O3. The molecule has 0 bridgehead atoms. The molecule has 6 nitrogen and oxygen atoms in total. The molecule has 6 heteroatoms. The third-order valence-electron chi connectivity index (χ3n) is 5.96. The number of nitrogens with one attached hydrogen (secondary N) is 1. The van der Waals surface area contributed by atoms with Crippen LogP contribution in [0.5, 0.6) is 0 Å². The van der Waals surface area contributed by atoms with E-state index in [1.165, 1.54) is 0 Å². The molecule has 1 aliphatic rings. The average Bonchev–Trinajstić information content (AvgIpc) is 2.75. The first-order valence-electron chi connectivity index (χ1n) is 10.5.